The summed E-state index contributed by atoms with van der Waals surface area (Å²) in [6, 6.07) is 14.6. The maximum Gasteiger partial charge on any atom is 0.335 e. The number of pyridine rings is 1. The molecule has 0 atom stereocenters. The van der Waals surface area contributed by atoms with Crippen molar-refractivity contribution in [2.24, 2.45) is 0 Å². The molecule has 0 bridgehead atoms. The van der Waals surface area contributed by atoms with Gasteiger partial charge in [0.2, 0.25) is 0 Å². The van der Waals surface area contributed by atoms with Crippen molar-refractivity contribution in [3.05, 3.63) is 78.1 Å². The number of nitrogens with zero attached hydrogens (tertiary/aromatic N) is 2. The summed E-state index contributed by atoms with van der Waals surface area (Å²) in [7, 11) is 1.55. The Kier molecular flexibility index (Phi) is 6.32. The number of carbonyl (C=O) groups excluding carboxylic acids is 1. The van der Waals surface area contributed by atoms with Gasteiger partial charge < -0.3 is 14.6 Å². The molecular formula is C23H22N2O5. The molecule has 1 aromatic heterocycles. The number of rotatable bonds is 7. The van der Waals surface area contributed by atoms with Gasteiger partial charge in [-0.05, 0) is 62.4 Å². The first-order valence-electron chi connectivity index (χ1n) is 9.33. The molecule has 7 nitrogen and oxygen atoms in total. The minimum atomic E-state index is -1.04. The van der Waals surface area contributed by atoms with Gasteiger partial charge in [-0.25, -0.2) is 4.79 Å². The van der Waals surface area contributed by atoms with E-state index >= 15 is 0 Å². The maximum atomic E-state index is 13.4. The van der Waals surface area contributed by atoms with Gasteiger partial charge >= 0.3 is 5.97 Å². The number of amides is 1. The summed E-state index contributed by atoms with van der Waals surface area (Å²) in [4.78, 5) is 30.1. The Morgan fingerprint density at radius 1 is 0.967 bits per heavy atom. The number of carbonyl (C=O) groups is 2. The lowest BCUT2D eigenvalue weighted by atomic mass is 10.1. The summed E-state index contributed by atoms with van der Waals surface area (Å²) in [5.41, 5.74) is 1.57. The van der Waals surface area contributed by atoms with Crippen LogP contribution < -0.4 is 14.4 Å². The molecule has 0 fully saturated rings. The van der Waals surface area contributed by atoms with E-state index < -0.39 is 5.97 Å². The topological polar surface area (TPSA) is 89.0 Å². The summed E-state index contributed by atoms with van der Waals surface area (Å²) in [6.45, 7) is 3.80. The molecule has 1 amide bonds. The molecule has 30 heavy (non-hydrogen) atoms. The molecule has 3 rings (SSSR count). The number of methoxy groups -OCH3 is 1. The lowest BCUT2D eigenvalue weighted by Gasteiger charge is -2.25. The van der Waals surface area contributed by atoms with Crippen molar-refractivity contribution < 1.29 is 24.2 Å². The van der Waals surface area contributed by atoms with Crippen molar-refractivity contribution in [2.45, 2.75) is 20.0 Å². The van der Waals surface area contributed by atoms with Crippen LogP contribution in [0.15, 0.2) is 67.0 Å². The molecule has 0 aliphatic carbocycles. The first-order valence-corrected chi connectivity index (χ1v) is 9.33. The Balaban J connectivity index is 2.12. The Hall–Kier alpha value is -3.87. The number of aromatic nitrogens is 1. The fraction of sp³-hybridized carbons (Fsp3) is 0.174. The Bertz CT molecular complexity index is 1030. The molecule has 0 unspecified atom stereocenters. The van der Waals surface area contributed by atoms with E-state index in [1.807, 2.05) is 13.8 Å². The van der Waals surface area contributed by atoms with Crippen molar-refractivity contribution in [3.8, 4) is 11.5 Å². The zero-order valence-electron chi connectivity index (χ0n) is 16.9. The molecule has 0 radical (unpaired) electrons. The predicted octanol–water partition coefficient (Wildman–Crippen LogP) is 4.55. The predicted molar refractivity (Wildman–Crippen MR) is 113 cm³/mol. The molecule has 1 heterocycles. The molecule has 0 aliphatic heterocycles. The maximum absolute atomic E-state index is 13.4. The molecule has 1 N–H and O–H groups in total. The van der Waals surface area contributed by atoms with Gasteiger partial charge in [0.25, 0.3) is 5.91 Å². The van der Waals surface area contributed by atoms with E-state index in [-0.39, 0.29) is 17.6 Å². The first kappa shape index (κ1) is 20.9. The quantitative estimate of drug-likeness (QED) is 0.619. The summed E-state index contributed by atoms with van der Waals surface area (Å²) in [6.07, 6.45) is 2.98. The number of hydrogen-bond donors (Lipinski definition) is 1. The number of ether oxygens (including phenoxy) is 2. The van der Waals surface area contributed by atoms with E-state index in [0.717, 1.165) is 0 Å². The highest BCUT2D eigenvalue weighted by Gasteiger charge is 2.22. The lowest BCUT2D eigenvalue weighted by molar-refractivity contribution is 0.0696. The highest BCUT2D eigenvalue weighted by molar-refractivity contribution is 6.11. The normalized spacial score (nSPS) is 10.5. The number of carboxylic acid groups (broad SMARTS) is 1. The monoisotopic (exact) mass is 406 g/mol. The Morgan fingerprint density at radius 3 is 2.23 bits per heavy atom. The highest BCUT2D eigenvalue weighted by atomic mass is 16.5. The van der Waals surface area contributed by atoms with Gasteiger partial charge in [-0.3, -0.25) is 14.7 Å². The second kappa shape index (κ2) is 9.09. The van der Waals surface area contributed by atoms with Crippen LogP contribution in [0.1, 0.15) is 34.6 Å². The van der Waals surface area contributed by atoms with E-state index in [1.165, 1.54) is 23.2 Å². The second-order valence-corrected chi connectivity index (χ2v) is 6.74. The fourth-order valence-electron chi connectivity index (χ4n) is 2.91. The minimum absolute atomic E-state index is 0.0912. The molecular weight excluding hydrogens is 384 g/mol. The average molecular weight is 406 g/mol. The van der Waals surface area contributed by atoms with Crippen LogP contribution in [0, 0.1) is 0 Å². The number of benzene rings is 2. The fourth-order valence-corrected chi connectivity index (χ4v) is 2.91. The van der Waals surface area contributed by atoms with Crippen molar-refractivity contribution in [1.29, 1.82) is 0 Å². The molecule has 3 aromatic rings. The van der Waals surface area contributed by atoms with Crippen LogP contribution in [0.5, 0.6) is 11.5 Å². The third kappa shape index (κ3) is 4.57. The summed E-state index contributed by atoms with van der Waals surface area (Å²) in [5, 5.41) is 9.18. The van der Waals surface area contributed by atoms with E-state index in [2.05, 4.69) is 4.98 Å². The van der Waals surface area contributed by atoms with Gasteiger partial charge in [0.05, 0.1) is 30.0 Å². The molecule has 0 aliphatic rings. The van der Waals surface area contributed by atoms with Crippen LogP contribution in [-0.4, -0.2) is 35.2 Å². The third-order valence-corrected chi connectivity index (χ3v) is 4.25. The molecule has 0 saturated heterocycles. The van der Waals surface area contributed by atoms with Gasteiger partial charge in [-0.2, -0.15) is 0 Å². The average Bonchev–Trinajstić information content (AvgIpc) is 2.74. The van der Waals surface area contributed by atoms with Crippen molar-refractivity contribution in [1.82, 2.24) is 4.98 Å². The molecule has 2 aromatic carbocycles. The highest BCUT2D eigenvalue weighted by Crippen LogP contribution is 2.36. The summed E-state index contributed by atoms with van der Waals surface area (Å²) < 4.78 is 11.2. The Labute approximate surface area is 174 Å². The van der Waals surface area contributed by atoms with Gasteiger partial charge in [-0.15, -0.1) is 0 Å². The smallest absolute Gasteiger partial charge is 0.335 e. The second-order valence-electron chi connectivity index (χ2n) is 6.74. The van der Waals surface area contributed by atoms with Crippen molar-refractivity contribution in [3.63, 3.8) is 0 Å². The van der Waals surface area contributed by atoms with E-state index in [9.17, 15) is 14.7 Å². The number of hydrogen-bond acceptors (Lipinski definition) is 5. The van der Waals surface area contributed by atoms with Crippen LogP contribution in [0.2, 0.25) is 0 Å². The van der Waals surface area contributed by atoms with Crippen LogP contribution in [0.3, 0.4) is 0 Å². The standard InChI is InChI=1S/C23H22N2O5/c1-15(2)30-21-13-19(10-11-20(21)29-3)25(22(26)17-5-4-12-24-14-17)18-8-6-16(7-9-18)23(27)28/h4-15H,1-3H3,(H,27,28). The third-order valence-electron chi connectivity index (χ3n) is 4.25. The first-order chi connectivity index (χ1) is 14.4. The molecule has 0 saturated carbocycles. The molecule has 0 spiro atoms. The summed E-state index contributed by atoms with van der Waals surface area (Å²) >= 11 is 0. The zero-order valence-corrected chi connectivity index (χ0v) is 16.9. The van der Waals surface area contributed by atoms with E-state index in [1.54, 1.807) is 55.8 Å². The van der Waals surface area contributed by atoms with E-state index in [4.69, 9.17) is 9.47 Å². The molecule has 154 valence electrons. The zero-order chi connectivity index (χ0) is 21.7. The minimum Gasteiger partial charge on any atom is -0.493 e. The SMILES string of the molecule is COc1ccc(N(C(=O)c2cccnc2)c2ccc(C(=O)O)cc2)cc1OC(C)C. The van der Waals surface area contributed by atoms with Crippen molar-refractivity contribution in [2.75, 3.05) is 12.0 Å². The van der Waals surface area contributed by atoms with Gasteiger partial charge in [0.1, 0.15) is 0 Å². The molecule has 7 heteroatoms. The van der Waals surface area contributed by atoms with Crippen LogP contribution >= 0.6 is 0 Å². The summed E-state index contributed by atoms with van der Waals surface area (Å²) in [5.74, 6) is -0.311. The van der Waals surface area contributed by atoms with Crippen LogP contribution in [0.25, 0.3) is 0 Å². The number of aromatic carboxylic acids is 1. The van der Waals surface area contributed by atoms with E-state index in [0.29, 0.717) is 28.4 Å². The lowest BCUT2D eigenvalue weighted by Crippen LogP contribution is -2.26. The number of carboxylic acids is 1. The van der Waals surface area contributed by atoms with Crippen LogP contribution in [-0.2, 0) is 0 Å². The van der Waals surface area contributed by atoms with Gasteiger partial charge in [0, 0.05) is 24.1 Å². The van der Waals surface area contributed by atoms with Crippen LogP contribution in [0.4, 0.5) is 11.4 Å². The number of anilines is 2. The largest absolute Gasteiger partial charge is 0.493 e. The Morgan fingerprint density at radius 2 is 1.67 bits per heavy atom. The van der Waals surface area contributed by atoms with Gasteiger partial charge in [0.15, 0.2) is 11.5 Å². The van der Waals surface area contributed by atoms with Crippen molar-refractivity contribution >= 4 is 23.3 Å². The van der Waals surface area contributed by atoms with Gasteiger partial charge in [-0.1, -0.05) is 0 Å².